The predicted octanol–water partition coefficient (Wildman–Crippen LogP) is 2.94. The number of fused-ring (bicyclic) bond motifs is 2. The molecule has 2 saturated heterocycles. The van der Waals surface area contributed by atoms with Gasteiger partial charge in [0.1, 0.15) is 0 Å². The molecule has 6 nitrogen and oxygen atoms in total. The number of aliphatic imine (C=N–C) groups is 1. The lowest BCUT2D eigenvalue weighted by atomic mass is 9.96. The van der Waals surface area contributed by atoms with Gasteiger partial charge >= 0.3 is 6.61 Å². The van der Waals surface area contributed by atoms with Gasteiger partial charge in [0.25, 0.3) is 0 Å². The van der Waals surface area contributed by atoms with Gasteiger partial charge in [0.2, 0.25) is 0 Å². The van der Waals surface area contributed by atoms with E-state index in [4.69, 9.17) is 9.47 Å². The van der Waals surface area contributed by atoms with Crippen molar-refractivity contribution >= 4 is 29.9 Å². The zero-order chi connectivity index (χ0) is 18.5. The normalized spacial score (nSPS) is 23.9. The van der Waals surface area contributed by atoms with E-state index in [0.717, 1.165) is 30.8 Å². The smallest absolute Gasteiger partial charge is 0.387 e. The first-order valence-corrected chi connectivity index (χ1v) is 8.83. The van der Waals surface area contributed by atoms with Crippen LogP contribution in [-0.4, -0.2) is 51.5 Å². The molecule has 1 aromatic carbocycles. The van der Waals surface area contributed by atoms with Crippen LogP contribution >= 0.6 is 24.0 Å². The molecular formula is C18H26F2IN3O3. The van der Waals surface area contributed by atoms with Crippen molar-refractivity contribution in [1.82, 2.24) is 10.6 Å². The third-order valence-electron chi connectivity index (χ3n) is 4.80. The molecule has 2 aliphatic rings. The van der Waals surface area contributed by atoms with E-state index in [-0.39, 0.29) is 41.6 Å². The molecule has 0 radical (unpaired) electrons. The van der Waals surface area contributed by atoms with Gasteiger partial charge in [0, 0.05) is 13.6 Å². The molecule has 3 rings (SSSR count). The van der Waals surface area contributed by atoms with Gasteiger partial charge in [0.15, 0.2) is 17.5 Å². The number of hydrogen-bond acceptors (Lipinski definition) is 4. The zero-order valence-electron chi connectivity index (χ0n) is 15.4. The minimum absolute atomic E-state index is 0. The van der Waals surface area contributed by atoms with Crippen molar-refractivity contribution in [3.63, 3.8) is 0 Å². The number of halogens is 3. The van der Waals surface area contributed by atoms with Gasteiger partial charge in [-0.2, -0.15) is 8.78 Å². The molecule has 3 atom stereocenters. The number of benzene rings is 1. The third kappa shape index (κ3) is 5.81. The number of guanidine groups is 1. The zero-order valence-corrected chi connectivity index (χ0v) is 17.7. The van der Waals surface area contributed by atoms with Gasteiger partial charge in [-0.3, -0.25) is 4.99 Å². The van der Waals surface area contributed by atoms with Crippen molar-refractivity contribution < 1.29 is 23.0 Å². The first-order chi connectivity index (χ1) is 12.6. The summed E-state index contributed by atoms with van der Waals surface area (Å²) in [6, 6.07) is 5.34. The molecule has 0 spiro atoms. The van der Waals surface area contributed by atoms with E-state index < -0.39 is 6.61 Å². The molecule has 27 heavy (non-hydrogen) atoms. The van der Waals surface area contributed by atoms with E-state index in [1.54, 1.807) is 19.2 Å². The maximum absolute atomic E-state index is 12.5. The molecular weight excluding hydrogens is 471 g/mol. The summed E-state index contributed by atoms with van der Waals surface area (Å²) in [6.07, 6.45) is 4.54. The van der Waals surface area contributed by atoms with E-state index in [1.807, 2.05) is 6.07 Å². The second-order valence-electron chi connectivity index (χ2n) is 6.47. The van der Waals surface area contributed by atoms with Gasteiger partial charge < -0.3 is 24.8 Å². The number of rotatable bonds is 7. The Morgan fingerprint density at radius 1 is 1.33 bits per heavy atom. The molecule has 0 saturated carbocycles. The summed E-state index contributed by atoms with van der Waals surface area (Å²) in [5.74, 6) is 1.06. The van der Waals surface area contributed by atoms with Crippen molar-refractivity contribution in [2.45, 2.75) is 50.5 Å². The standard InChI is InChI=1S/C18H25F2N3O3.HI/c1-21-18(23-13-10-12-4-6-14(13)25-12)22-8-7-11-3-5-15(24-2)16(9-11)26-17(19)20;/h3,5,9,12-14,17H,4,6-8,10H2,1-2H3,(H2,21,22,23);1H. The Bertz CT molecular complexity index is 648. The van der Waals surface area contributed by atoms with Crippen LogP contribution < -0.4 is 20.1 Å². The highest BCUT2D eigenvalue weighted by Gasteiger charge is 2.41. The fraction of sp³-hybridized carbons (Fsp3) is 0.611. The van der Waals surface area contributed by atoms with Gasteiger partial charge in [0.05, 0.1) is 25.4 Å². The topological polar surface area (TPSA) is 64.1 Å². The summed E-state index contributed by atoms with van der Waals surface area (Å²) in [4.78, 5) is 4.25. The lowest BCUT2D eigenvalue weighted by Gasteiger charge is -2.22. The number of methoxy groups -OCH3 is 1. The summed E-state index contributed by atoms with van der Waals surface area (Å²) >= 11 is 0. The van der Waals surface area contributed by atoms with Crippen molar-refractivity contribution in [2.24, 2.45) is 4.99 Å². The van der Waals surface area contributed by atoms with Gasteiger partial charge in [-0.1, -0.05) is 6.07 Å². The first kappa shape index (κ1) is 21.9. The highest BCUT2D eigenvalue weighted by Crippen LogP contribution is 2.34. The van der Waals surface area contributed by atoms with Crippen LogP contribution in [0.2, 0.25) is 0 Å². The molecule has 0 aromatic heterocycles. The van der Waals surface area contributed by atoms with Crippen LogP contribution in [0.3, 0.4) is 0 Å². The molecule has 2 heterocycles. The predicted molar refractivity (Wildman–Crippen MR) is 110 cm³/mol. The van der Waals surface area contributed by atoms with Crippen LogP contribution in [-0.2, 0) is 11.2 Å². The number of ether oxygens (including phenoxy) is 3. The molecule has 2 aliphatic heterocycles. The van der Waals surface area contributed by atoms with E-state index in [0.29, 0.717) is 25.1 Å². The molecule has 9 heteroatoms. The van der Waals surface area contributed by atoms with E-state index in [2.05, 4.69) is 20.4 Å². The Morgan fingerprint density at radius 3 is 2.74 bits per heavy atom. The minimum atomic E-state index is -2.88. The maximum Gasteiger partial charge on any atom is 0.387 e. The third-order valence-corrected chi connectivity index (χ3v) is 4.80. The summed E-state index contributed by atoms with van der Waals surface area (Å²) in [7, 11) is 3.15. The average Bonchev–Trinajstić information content (AvgIpc) is 3.23. The first-order valence-electron chi connectivity index (χ1n) is 8.83. The molecule has 0 aliphatic carbocycles. The quantitative estimate of drug-likeness (QED) is 0.345. The van der Waals surface area contributed by atoms with Crippen molar-refractivity contribution in [2.75, 3.05) is 20.7 Å². The van der Waals surface area contributed by atoms with E-state index >= 15 is 0 Å². The summed E-state index contributed by atoms with van der Waals surface area (Å²) in [5, 5.41) is 6.67. The van der Waals surface area contributed by atoms with Crippen LogP contribution in [0, 0.1) is 0 Å². The highest BCUT2D eigenvalue weighted by molar-refractivity contribution is 14.0. The van der Waals surface area contributed by atoms with Gasteiger partial charge in [-0.15, -0.1) is 24.0 Å². The average molecular weight is 497 g/mol. The summed E-state index contributed by atoms with van der Waals surface area (Å²) in [6.45, 7) is -2.27. The fourth-order valence-corrected chi connectivity index (χ4v) is 3.55. The van der Waals surface area contributed by atoms with Gasteiger partial charge in [-0.25, -0.2) is 0 Å². The Morgan fingerprint density at radius 2 is 2.15 bits per heavy atom. The molecule has 2 N–H and O–H groups in total. The van der Waals surface area contributed by atoms with Crippen LogP contribution in [0.4, 0.5) is 8.78 Å². The molecule has 2 bridgehead atoms. The van der Waals surface area contributed by atoms with E-state index in [9.17, 15) is 8.78 Å². The molecule has 2 fully saturated rings. The lowest BCUT2D eigenvalue weighted by molar-refractivity contribution is -0.0512. The monoisotopic (exact) mass is 497 g/mol. The van der Waals surface area contributed by atoms with Crippen molar-refractivity contribution in [3.05, 3.63) is 23.8 Å². The highest BCUT2D eigenvalue weighted by atomic mass is 127. The number of alkyl halides is 2. The second kappa shape index (κ2) is 10.3. The summed E-state index contributed by atoms with van der Waals surface area (Å²) < 4.78 is 40.4. The van der Waals surface area contributed by atoms with Crippen molar-refractivity contribution in [1.29, 1.82) is 0 Å². The molecule has 152 valence electrons. The second-order valence-corrected chi connectivity index (χ2v) is 6.47. The Labute approximate surface area is 175 Å². The van der Waals surface area contributed by atoms with E-state index in [1.165, 1.54) is 7.11 Å². The molecule has 3 unspecified atom stereocenters. The number of hydrogen-bond donors (Lipinski definition) is 2. The van der Waals surface area contributed by atoms with Crippen LogP contribution in [0.15, 0.2) is 23.2 Å². The lowest BCUT2D eigenvalue weighted by Crippen LogP contribution is -2.47. The molecule has 1 aromatic rings. The van der Waals surface area contributed by atoms with Crippen LogP contribution in [0.25, 0.3) is 0 Å². The Hall–Kier alpha value is -1.36. The maximum atomic E-state index is 12.5. The molecule has 0 amide bonds. The largest absolute Gasteiger partial charge is 0.493 e. The fourth-order valence-electron chi connectivity index (χ4n) is 3.55. The van der Waals surface area contributed by atoms with Crippen molar-refractivity contribution in [3.8, 4) is 11.5 Å². The number of nitrogens with one attached hydrogen (secondary N) is 2. The Kier molecular flexibility index (Phi) is 8.33. The van der Waals surface area contributed by atoms with Gasteiger partial charge in [-0.05, 0) is 43.4 Å². The SMILES string of the molecule is CN=C(NCCc1ccc(OC)c(OC(F)F)c1)NC1CC2CCC1O2.I. The van der Waals surface area contributed by atoms with Crippen LogP contribution in [0.1, 0.15) is 24.8 Å². The number of nitrogens with zero attached hydrogens (tertiary/aromatic N) is 1. The summed E-state index contributed by atoms with van der Waals surface area (Å²) in [5.41, 5.74) is 0.868. The van der Waals surface area contributed by atoms with Crippen LogP contribution in [0.5, 0.6) is 11.5 Å². The Balaban J connectivity index is 0.00000261. The minimum Gasteiger partial charge on any atom is -0.493 e.